The summed E-state index contributed by atoms with van der Waals surface area (Å²) in [6, 6.07) is 1.32. The van der Waals surface area contributed by atoms with Crippen LogP contribution < -0.4 is 4.74 Å². The Kier molecular flexibility index (Phi) is 2.79. The Balaban J connectivity index is 3.17. The molecule has 4 nitrogen and oxygen atoms in total. The largest absolute Gasteiger partial charge is 0.493 e. The number of aromatic carboxylic acids is 1. The Morgan fingerprint density at radius 3 is 3.00 bits per heavy atom. The summed E-state index contributed by atoms with van der Waals surface area (Å²) in [5, 5.41) is 8.61. The zero-order valence-corrected chi connectivity index (χ0v) is 6.95. The zero-order chi connectivity index (χ0) is 9.84. The predicted octanol–water partition coefficient (Wildman–Crippen LogP) is 1.32. The second-order valence-corrected chi connectivity index (χ2v) is 2.21. The first-order valence-electron chi connectivity index (χ1n) is 3.67. The fourth-order valence-electron chi connectivity index (χ4n) is 0.889. The van der Waals surface area contributed by atoms with Crippen LogP contribution in [0, 0.1) is 5.95 Å². The molecule has 0 radical (unpaired) electrons. The van der Waals surface area contributed by atoms with Gasteiger partial charge in [-0.1, -0.05) is 0 Å². The Hall–Kier alpha value is -1.65. The highest BCUT2D eigenvalue weighted by Gasteiger charge is 2.17. The van der Waals surface area contributed by atoms with Crippen molar-refractivity contribution in [3.63, 3.8) is 0 Å². The summed E-state index contributed by atoms with van der Waals surface area (Å²) < 4.78 is 17.8. The van der Waals surface area contributed by atoms with Crippen LogP contribution in [0.3, 0.4) is 0 Å². The maximum atomic E-state index is 12.9. The van der Waals surface area contributed by atoms with E-state index in [-0.39, 0.29) is 12.4 Å². The van der Waals surface area contributed by atoms with Crippen molar-refractivity contribution < 1.29 is 19.0 Å². The minimum absolute atomic E-state index is 0.00231. The van der Waals surface area contributed by atoms with E-state index in [4.69, 9.17) is 9.84 Å². The SMILES string of the molecule is CCOc1ccnc(F)c1C(=O)O. The molecule has 0 spiro atoms. The monoisotopic (exact) mass is 185 g/mol. The van der Waals surface area contributed by atoms with Crippen LogP contribution in [0.5, 0.6) is 5.75 Å². The number of hydrogen-bond acceptors (Lipinski definition) is 3. The minimum atomic E-state index is -1.38. The van der Waals surface area contributed by atoms with Crippen LogP contribution in [0.1, 0.15) is 17.3 Å². The molecule has 1 rings (SSSR count). The van der Waals surface area contributed by atoms with Crippen molar-refractivity contribution in [1.82, 2.24) is 4.98 Å². The van der Waals surface area contributed by atoms with Gasteiger partial charge < -0.3 is 9.84 Å². The zero-order valence-electron chi connectivity index (χ0n) is 6.95. The van der Waals surface area contributed by atoms with Gasteiger partial charge in [0.15, 0.2) is 5.56 Å². The fraction of sp³-hybridized carbons (Fsp3) is 0.250. The van der Waals surface area contributed by atoms with Gasteiger partial charge in [0.25, 0.3) is 0 Å². The standard InChI is InChI=1S/C8H8FNO3/c1-2-13-5-3-4-10-7(9)6(5)8(11)12/h3-4H,2H2,1H3,(H,11,12). The van der Waals surface area contributed by atoms with Gasteiger partial charge in [0.2, 0.25) is 5.95 Å². The van der Waals surface area contributed by atoms with E-state index in [0.717, 1.165) is 6.20 Å². The molecule has 0 unspecified atom stereocenters. The number of pyridine rings is 1. The molecule has 0 saturated carbocycles. The third kappa shape index (κ3) is 1.93. The van der Waals surface area contributed by atoms with E-state index in [0.29, 0.717) is 0 Å². The van der Waals surface area contributed by atoms with E-state index >= 15 is 0 Å². The number of nitrogens with zero attached hydrogens (tertiary/aromatic N) is 1. The van der Waals surface area contributed by atoms with E-state index in [1.165, 1.54) is 6.07 Å². The number of rotatable bonds is 3. The van der Waals surface area contributed by atoms with E-state index in [1.54, 1.807) is 6.92 Å². The second-order valence-electron chi connectivity index (χ2n) is 2.21. The molecule has 13 heavy (non-hydrogen) atoms. The van der Waals surface area contributed by atoms with Gasteiger partial charge in [0.05, 0.1) is 6.61 Å². The maximum Gasteiger partial charge on any atom is 0.344 e. The van der Waals surface area contributed by atoms with Crippen LogP contribution in [0.25, 0.3) is 0 Å². The van der Waals surface area contributed by atoms with E-state index in [1.807, 2.05) is 0 Å². The molecule has 5 heteroatoms. The van der Waals surface area contributed by atoms with Gasteiger partial charge >= 0.3 is 5.97 Å². The smallest absolute Gasteiger partial charge is 0.344 e. The van der Waals surface area contributed by atoms with Crippen LogP contribution in [0.2, 0.25) is 0 Å². The van der Waals surface area contributed by atoms with Gasteiger partial charge in [-0.05, 0) is 13.0 Å². The Morgan fingerprint density at radius 2 is 2.46 bits per heavy atom. The molecule has 0 bridgehead atoms. The molecule has 1 aromatic rings. The molecule has 0 saturated heterocycles. The highest BCUT2D eigenvalue weighted by atomic mass is 19.1. The number of carboxylic acids is 1. The van der Waals surface area contributed by atoms with Crippen molar-refractivity contribution in [3.05, 3.63) is 23.8 Å². The molecule has 0 amide bonds. The summed E-state index contributed by atoms with van der Waals surface area (Å²) in [7, 11) is 0. The predicted molar refractivity (Wildman–Crippen MR) is 42.3 cm³/mol. The van der Waals surface area contributed by atoms with Gasteiger partial charge in [-0.3, -0.25) is 0 Å². The third-order valence-corrected chi connectivity index (χ3v) is 1.38. The van der Waals surface area contributed by atoms with Crippen LogP contribution in [0.4, 0.5) is 4.39 Å². The number of hydrogen-bond donors (Lipinski definition) is 1. The first-order valence-corrected chi connectivity index (χ1v) is 3.67. The van der Waals surface area contributed by atoms with E-state index in [2.05, 4.69) is 4.98 Å². The molecular weight excluding hydrogens is 177 g/mol. The van der Waals surface area contributed by atoms with Gasteiger partial charge in [-0.25, -0.2) is 9.78 Å². The van der Waals surface area contributed by atoms with Crippen molar-refractivity contribution in [3.8, 4) is 5.75 Å². The summed E-state index contributed by atoms with van der Waals surface area (Å²) >= 11 is 0. The second kappa shape index (κ2) is 3.84. The van der Waals surface area contributed by atoms with Gasteiger partial charge in [0.1, 0.15) is 5.75 Å². The highest BCUT2D eigenvalue weighted by Crippen LogP contribution is 2.19. The van der Waals surface area contributed by atoms with Crippen LogP contribution in [-0.4, -0.2) is 22.7 Å². The molecule has 70 valence electrons. The minimum Gasteiger partial charge on any atom is -0.493 e. The van der Waals surface area contributed by atoms with E-state index < -0.39 is 17.5 Å². The van der Waals surface area contributed by atoms with Gasteiger partial charge in [-0.15, -0.1) is 0 Å². The van der Waals surface area contributed by atoms with Crippen molar-refractivity contribution in [2.45, 2.75) is 6.92 Å². The first-order chi connectivity index (χ1) is 6.16. The molecule has 0 aliphatic heterocycles. The summed E-state index contributed by atoms with van der Waals surface area (Å²) in [6.45, 7) is 1.97. The summed E-state index contributed by atoms with van der Waals surface area (Å²) in [4.78, 5) is 13.8. The first kappa shape index (κ1) is 9.44. The maximum absolute atomic E-state index is 12.9. The van der Waals surface area contributed by atoms with Crippen molar-refractivity contribution in [2.75, 3.05) is 6.61 Å². The average Bonchev–Trinajstić information content (AvgIpc) is 2.04. The summed E-state index contributed by atoms with van der Waals surface area (Å²) in [5.74, 6) is -2.41. The van der Waals surface area contributed by atoms with Crippen LogP contribution >= 0.6 is 0 Å². The number of ether oxygens (including phenoxy) is 1. The average molecular weight is 185 g/mol. The number of carbonyl (C=O) groups is 1. The van der Waals surface area contributed by atoms with Crippen molar-refractivity contribution >= 4 is 5.97 Å². The van der Waals surface area contributed by atoms with Crippen LogP contribution in [-0.2, 0) is 0 Å². The number of carboxylic acid groups (broad SMARTS) is 1. The van der Waals surface area contributed by atoms with E-state index in [9.17, 15) is 9.18 Å². The summed E-state index contributed by atoms with van der Waals surface area (Å²) in [5.41, 5.74) is -0.524. The Morgan fingerprint density at radius 1 is 1.77 bits per heavy atom. The molecular formula is C8H8FNO3. The molecule has 0 aliphatic carbocycles. The number of halogens is 1. The summed E-state index contributed by atoms with van der Waals surface area (Å²) in [6.07, 6.45) is 1.16. The normalized spacial score (nSPS) is 9.69. The fourth-order valence-corrected chi connectivity index (χ4v) is 0.889. The lowest BCUT2D eigenvalue weighted by atomic mass is 10.2. The topological polar surface area (TPSA) is 59.4 Å². The lowest BCUT2D eigenvalue weighted by Crippen LogP contribution is -2.07. The highest BCUT2D eigenvalue weighted by molar-refractivity contribution is 5.90. The van der Waals surface area contributed by atoms with Gasteiger partial charge in [0, 0.05) is 6.20 Å². The molecule has 0 aliphatic rings. The third-order valence-electron chi connectivity index (χ3n) is 1.38. The quantitative estimate of drug-likeness (QED) is 0.721. The lowest BCUT2D eigenvalue weighted by Gasteiger charge is -2.05. The molecule has 0 aromatic carbocycles. The van der Waals surface area contributed by atoms with Crippen LogP contribution in [0.15, 0.2) is 12.3 Å². The molecule has 0 atom stereocenters. The molecule has 1 N–H and O–H groups in total. The van der Waals surface area contributed by atoms with Gasteiger partial charge in [-0.2, -0.15) is 4.39 Å². The molecule has 1 aromatic heterocycles. The Bertz CT molecular complexity index is 327. The lowest BCUT2D eigenvalue weighted by molar-refractivity contribution is 0.0686. The molecule has 0 fully saturated rings. The van der Waals surface area contributed by atoms with Crippen molar-refractivity contribution in [1.29, 1.82) is 0 Å². The van der Waals surface area contributed by atoms with Crippen molar-refractivity contribution in [2.24, 2.45) is 0 Å². The number of aromatic nitrogens is 1. The molecule has 1 heterocycles. The Labute approximate surface area is 74.0 Å².